The number of rotatable bonds is 8. The van der Waals surface area contributed by atoms with E-state index in [0.717, 1.165) is 30.8 Å². The standard InChI is InChI=1S/C17H19Cl2NO2/c18-16-3-1-4-17(19)15(16)12-22-14-7-5-13(6-8-14)11-20-9-2-10-21/h1,3-8,20-21H,2,9-12H2. The summed E-state index contributed by atoms with van der Waals surface area (Å²) in [6.07, 6.45) is 0.764. The lowest BCUT2D eigenvalue weighted by atomic mass is 10.2. The number of hydrogen-bond donors (Lipinski definition) is 2. The largest absolute Gasteiger partial charge is 0.489 e. The topological polar surface area (TPSA) is 41.5 Å². The highest BCUT2D eigenvalue weighted by Crippen LogP contribution is 2.25. The van der Waals surface area contributed by atoms with Crippen LogP contribution in [-0.2, 0) is 13.2 Å². The summed E-state index contributed by atoms with van der Waals surface area (Å²) in [6, 6.07) is 13.3. The van der Waals surface area contributed by atoms with Gasteiger partial charge in [0.2, 0.25) is 0 Å². The van der Waals surface area contributed by atoms with Crippen LogP contribution in [-0.4, -0.2) is 18.3 Å². The molecule has 0 saturated carbocycles. The predicted octanol–water partition coefficient (Wildman–Crippen LogP) is 4.04. The summed E-state index contributed by atoms with van der Waals surface area (Å²) >= 11 is 12.2. The van der Waals surface area contributed by atoms with Gasteiger partial charge in [-0.25, -0.2) is 0 Å². The number of aliphatic hydroxyl groups is 1. The van der Waals surface area contributed by atoms with Gasteiger partial charge in [0.05, 0.1) is 0 Å². The molecule has 0 aliphatic rings. The van der Waals surface area contributed by atoms with Crippen molar-refractivity contribution in [3.05, 3.63) is 63.6 Å². The fraction of sp³-hybridized carbons (Fsp3) is 0.294. The second kappa shape index (κ2) is 9.01. The summed E-state index contributed by atoms with van der Waals surface area (Å²) in [5.41, 5.74) is 1.96. The van der Waals surface area contributed by atoms with Gasteiger partial charge in [-0.1, -0.05) is 41.4 Å². The zero-order chi connectivity index (χ0) is 15.8. The van der Waals surface area contributed by atoms with Gasteiger partial charge in [0.25, 0.3) is 0 Å². The van der Waals surface area contributed by atoms with Crippen molar-refractivity contribution in [1.29, 1.82) is 0 Å². The van der Waals surface area contributed by atoms with E-state index >= 15 is 0 Å². The van der Waals surface area contributed by atoms with E-state index in [9.17, 15) is 0 Å². The quantitative estimate of drug-likeness (QED) is 0.713. The number of nitrogens with one attached hydrogen (secondary N) is 1. The van der Waals surface area contributed by atoms with Crippen molar-refractivity contribution in [3.63, 3.8) is 0 Å². The van der Waals surface area contributed by atoms with Gasteiger partial charge in [0.15, 0.2) is 0 Å². The van der Waals surface area contributed by atoms with Crippen molar-refractivity contribution in [2.45, 2.75) is 19.6 Å². The zero-order valence-corrected chi connectivity index (χ0v) is 13.7. The van der Waals surface area contributed by atoms with Gasteiger partial charge in [-0.05, 0) is 42.8 Å². The smallest absolute Gasteiger partial charge is 0.119 e. The summed E-state index contributed by atoms with van der Waals surface area (Å²) in [6.45, 7) is 2.13. The van der Waals surface area contributed by atoms with Crippen molar-refractivity contribution < 1.29 is 9.84 Å². The van der Waals surface area contributed by atoms with E-state index < -0.39 is 0 Å². The van der Waals surface area contributed by atoms with Crippen molar-refractivity contribution in [3.8, 4) is 5.75 Å². The Balaban J connectivity index is 1.86. The van der Waals surface area contributed by atoms with Crippen LogP contribution in [0.1, 0.15) is 17.5 Å². The predicted molar refractivity (Wildman–Crippen MR) is 90.6 cm³/mol. The lowest BCUT2D eigenvalue weighted by molar-refractivity contribution is 0.286. The van der Waals surface area contributed by atoms with Crippen LogP contribution in [0.5, 0.6) is 5.75 Å². The Kier molecular flexibility index (Phi) is 7.00. The molecule has 0 fully saturated rings. The molecule has 118 valence electrons. The van der Waals surface area contributed by atoms with E-state index in [2.05, 4.69) is 5.32 Å². The van der Waals surface area contributed by atoms with Crippen LogP contribution in [0.4, 0.5) is 0 Å². The van der Waals surface area contributed by atoms with Crippen LogP contribution in [0, 0.1) is 0 Å². The zero-order valence-electron chi connectivity index (χ0n) is 12.2. The van der Waals surface area contributed by atoms with Gasteiger partial charge in [0, 0.05) is 28.8 Å². The maximum atomic E-state index is 8.72. The van der Waals surface area contributed by atoms with Crippen LogP contribution in [0.25, 0.3) is 0 Å². The van der Waals surface area contributed by atoms with Crippen LogP contribution < -0.4 is 10.1 Å². The number of hydrogen-bond acceptors (Lipinski definition) is 3. The lowest BCUT2D eigenvalue weighted by Gasteiger charge is -2.10. The van der Waals surface area contributed by atoms with Crippen LogP contribution in [0.3, 0.4) is 0 Å². The molecule has 0 aromatic heterocycles. The SMILES string of the molecule is OCCCNCc1ccc(OCc2c(Cl)cccc2Cl)cc1. The Labute approximate surface area is 140 Å². The molecule has 0 unspecified atom stereocenters. The summed E-state index contributed by atoms with van der Waals surface area (Å²) < 4.78 is 5.73. The molecule has 0 aliphatic heterocycles. The Bertz CT molecular complexity index is 567. The molecule has 2 rings (SSSR count). The first-order valence-corrected chi connectivity index (χ1v) is 7.92. The van der Waals surface area contributed by atoms with E-state index in [-0.39, 0.29) is 6.61 Å². The van der Waals surface area contributed by atoms with Gasteiger partial charge in [-0.3, -0.25) is 0 Å². The second-order valence-corrected chi connectivity index (χ2v) is 5.70. The number of aliphatic hydroxyl groups excluding tert-OH is 1. The third-order valence-corrected chi connectivity index (χ3v) is 3.92. The average Bonchev–Trinajstić information content (AvgIpc) is 2.52. The molecule has 22 heavy (non-hydrogen) atoms. The fourth-order valence-electron chi connectivity index (χ4n) is 1.97. The monoisotopic (exact) mass is 339 g/mol. The first-order valence-electron chi connectivity index (χ1n) is 7.17. The highest BCUT2D eigenvalue weighted by Gasteiger charge is 2.06. The minimum absolute atomic E-state index is 0.213. The third kappa shape index (κ3) is 5.18. The van der Waals surface area contributed by atoms with Crippen molar-refractivity contribution in [2.24, 2.45) is 0 Å². The average molecular weight is 340 g/mol. The number of halogens is 2. The lowest BCUT2D eigenvalue weighted by Crippen LogP contribution is -2.15. The molecule has 2 aromatic rings. The van der Waals surface area contributed by atoms with Gasteiger partial charge in [-0.15, -0.1) is 0 Å². The molecular formula is C17H19Cl2NO2. The van der Waals surface area contributed by atoms with Crippen molar-refractivity contribution >= 4 is 23.2 Å². The van der Waals surface area contributed by atoms with E-state index in [1.165, 1.54) is 5.56 Å². The normalized spacial score (nSPS) is 10.7. The molecular weight excluding hydrogens is 321 g/mol. The molecule has 0 bridgehead atoms. The highest BCUT2D eigenvalue weighted by atomic mass is 35.5. The maximum absolute atomic E-state index is 8.72. The molecule has 0 atom stereocenters. The van der Waals surface area contributed by atoms with E-state index in [4.69, 9.17) is 33.0 Å². The minimum Gasteiger partial charge on any atom is -0.489 e. The summed E-state index contributed by atoms with van der Waals surface area (Å²) in [7, 11) is 0. The molecule has 0 amide bonds. The van der Waals surface area contributed by atoms with Crippen LogP contribution in [0.15, 0.2) is 42.5 Å². The Morgan fingerprint density at radius 3 is 2.32 bits per heavy atom. The first kappa shape index (κ1) is 17.1. The van der Waals surface area contributed by atoms with Gasteiger partial charge >= 0.3 is 0 Å². The molecule has 2 N–H and O–H groups in total. The maximum Gasteiger partial charge on any atom is 0.119 e. The van der Waals surface area contributed by atoms with Crippen molar-refractivity contribution in [1.82, 2.24) is 5.32 Å². The molecule has 0 spiro atoms. The van der Waals surface area contributed by atoms with Gasteiger partial charge < -0.3 is 15.2 Å². The van der Waals surface area contributed by atoms with E-state index in [1.807, 2.05) is 30.3 Å². The summed E-state index contributed by atoms with van der Waals surface area (Å²) in [5.74, 6) is 0.773. The van der Waals surface area contributed by atoms with Gasteiger partial charge in [0.1, 0.15) is 12.4 Å². The molecule has 0 saturated heterocycles. The van der Waals surface area contributed by atoms with E-state index in [0.29, 0.717) is 16.7 Å². The fourth-order valence-corrected chi connectivity index (χ4v) is 2.47. The first-order chi connectivity index (χ1) is 10.7. The molecule has 0 heterocycles. The van der Waals surface area contributed by atoms with Gasteiger partial charge in [-0.2, -0.15) is 0 Å². The second-order valence-electron chi connectivity index (χ2n) is 4.89. The molecule has 2 aromatic carbocycles. The van der Waals surface area contributed by atoms with Crippen molar-refractivity contribution in [2.75, 3.05) is 13.2 Å². The molecule has 0 radical (unpaired) electrons. The van der Waals surface area contributed by atoms with E-state index in [1.54, 1.807) is 12.1 Å². The molecule has 3 nitrogen and oxygen atoms in total. The Morgan fingerprint density at radius 1 is 1.00 bits per heavy atom. The summed E-state index contributed by atoms with van der Waals surface area (Å²) in [5, 5.41) is 13.2. The molecule has 5 heteroatoms. The minimum atomic E-state index is 0.213. The molecule has 0 aliphatic carbocycles. The number of ether oxygens (including phenoxy) is 1. The third-order valence-electron chi connectivity index (χ3n) is 3.21. The van der Waals surface area contributed by atoms with Crippen LogP contribution in [0.2, 0.25) is 10.0 Å². The Hall–Kier alpha value is -1.26. The summed E-state index contributed by atoms with van der Waals surface area (Å²) in [4.78, 5) is 0. The number of benzene rings is 2. The highest BCUT2D eigenvalue weighted by molar-refractivity contribution is 6.35. The Morgan fingerprint density at radius 2 is 1.68 bits per heavy atom. The van der Waals surface area contributed by atoms with Crippen LogP contribution >= 0.6 is 23.2 Å².